The average molecular weight is 284 g/mol. The van der Waals surface area contributed by atoms with Crippen LogP contribution in [0.15, 0.2) is 48.5 Å². The first-order valence-electron chi connectivity index (χ1n) is 6.94. The zero-order chi connectivity index (χ0) is 15.1. The van der Waals surface area contributed by atoms with Crippen LogP contribution < -0.4 is 15.4 Å². The molecule has 110 valence electrons. The lowest BCUT2D eigenvalue weighted by atomic mass is 10.2. The fraction of sp³-hybridized carbons (Fsp3) is 0.235. The fourth-order valence-corrected chi connectivity index (χ4v) is 1.93. The van der Waals surface area contributed by atoms with E-state index in [0.717, 1.165) is 17.0 Å². The standard InChI is InChI=1S/C17H20N2O2/c1-13-4-3-5-16(12-13)21-11-10-19-17(20)14-6-8-15(18-2)9-7-14/h3-9,12,18H,10-11H2,1-2H3,(H,19,20). The Balaban J connectivity index is 1.76. The Hall–Kier alpha value is -2.49. The fourth-order valence-electron chi connectivity index (χ4n) is 1.93. The van der Waals surface area contributed by atoms with Crippen LogP contribution in [-0.2, 0) is 0 Å². The molecule has 2 rings (SSSR count). The molecule has 2 aromatic carbocycles. The van der Waals surface area contributed by atoms with Gasteiger partial charge in [-0.3, -0.25) is 4.79 Å². The highest BCUT2D eigenvalue weighted by Gasteiger charge is 2.04. The Morgan fingerprint density at radius 2 is 1.90 bits per heavy atom. The second-order valence-electron chi connectivity index (χ2n) is 4.75. The van der Waals surface area contributed by atoms with Crippen molar-refractivity contribution in [3.05, 3.63) is 59.7 Å². The molecule has 0 heterocycles. The van der Waals surface area contributed by atoms with Crippen molar-refractivity contribution < 1.29 is 9.53 Å². The molecule has 1 amide bonds. The number of rotatable bonds is 6. The lowest BCUT2D eigenvalue weighted by molar-refractivity contribution is 0.0947. The van der Waals surface area contributed by atoms with E-state index in [1.54, 1.807) is 12.1 Å². The summed E-state index contributed by atoms with van der Waals surface area (Å²) in [5.41, 5.74) is 2.78. The minimum atomic E-state index is -0.0921. The van der Waals surface area contributed by atoms with Crippen molar-refractivity contribution in [2.45, 2.75) is 6.92 Å². The van der Waals surface area contributed by atoms with E-state index in [0.29, 0.717) is 18.7 Å². The first-order chi connectivity index (χ1) is 10.2. The molecular formula is C17H20N2O2. The van der Waals surface area contributed by atoms with Crippen molar-refractivity contribution >= 4 is 11.6 Å². The molecule has 0 atom stereocenters. The minimum absolute atomic E-state index is 0.0921. The summed E-state index contributed by atoms with van der Waals surface area (Å²) >= 11 is 0. The van der Waals surface area contributed by atoms with Gasteiger partial charge in [0.1, 0.15) is 12.4 Å². The van der Waals surface area contributed by atoms with Gasteiger partial charge in [0, 0.05) is 18.3 Å². The monoisotopic (exact) mass is 284 g/mol. The van der Waals surface area contributed by atoms with Crippen molar-refractivity contribution in [1.82, 2.24) is 5.32 Å². The first-order valence-corrected chi connectivity index (χ1v) is 6.94. The van der Waals surface area contributed by atoms with E-state index in [-0.39, 0.29) is 5.91 Å². The molecule has 0 saturated carbocycles. The Labute approximate surface area is 125 Å². The lowest BCUT2D eigenvalue weighted by Crippen LogP contribution is -2.28. The number of amides is 1. The van der Waals surface area contributed by atoms with Crippen molar-refractivity contribution in [3.63, 3.8) is 0 Å². The Kier molecular flexibility index (Phi) is 5.21. The molecule has 2 aromatic rings. The van der Waals surface area contributed by atoms with Gasteiger partial charge in [0.25, 0.3) is 5.91 Å². The van der Waals surface area contributed by atoms with Gasteiger partial charge in [0.2, 0.25) is 0 Å². The van der Waals surface area contributed by atoms with Crippen LogP contribution in [0.3, 0.4) is 0 Å². The van der Waals surface area contributed by atoms with Gasteiger partial charge in [-0.25, -0.2) is 0 Å². The quantitative estimate of drug-likeness (QED) is 0.802. The van der Waals surface area contributed by atoms with Gasteiger partial charge >= 0.3 is 0 Å². The Bertz CT molecular complexity index is 594. The van der Waals surface area contributed by atoms with Crippen LogP contribution in [-0.4, -0.2) is 26.1 Å². The largest absolute Gasteiger partial charge is 0.492 e. The number of ether oxygens (including phenoxy) is 1. The minimum Gasteiger partial charge on any atom is -0.492 e. The predicted molar refractivity (Wildman–Crippen MR) is 85.0 cm³/mol. The van der Waals surface area contributed by atoms with Crippen molar-refractivity contribution in [2.75, 3.05) is 25.5 Å². The van der Waals surface area contributed by atoms with Crippen LogP contribution >= 0.6 is 0 Å². The summed E-state index contributed by atoms with van der Waals surface area (Å²) in [6.45, 7) is 2.94. The Morgan fingerprint density at radius 3 is 2.57 bits per heavy atom. The second-order valence-corrected chi connectivity index (χ2v) is 4.75. The molecule has 0 aliphatic heterocycles. The third kappa shape index (κ3) is 4.53. The van der Waals surface area contributed by atoms with Crippen LogP contribution in [0, 0.1) is 6.92 Å². The molecule has 0 saturated heterocycles. The maximum atomic E-state index is 11.9. The number of nitrogens with one attached hydrogen (secondary N) is 2. The van der Waals surface area contributed by atoms with Crippen LogP contribution in [0.2, 0.25) is 0 Å². The van der Waals surface area contributed by atoms with E-state index in [2.05, 4.69) is 10.6 Å². The van der Waals surface area contributed by atoms with Crippen molar-refractivity contribution in [1.29, 1.82) is 0 Å². The molecule has 0 unspecified atom stereocenters. The predicted octanol–water partition coefficient (Wildman–Crippen LogP) is 2.85. The molecule has 21 heavy (non-hydrogen) atoms. The topological polar surface area (TPSA) is 50.4 Å². The highest BCUT2D eigenvalue weighted by molar-refractivity contribution is 5.94. The molecule has 0 bridgehead atoms. The number of benzene rings is 2. The second kappa shape index (κ2) is 7.33. The number of carbonyl (C=O) groups is 1. The summed E-state index contributed by atoms with van der Waals surface area (Å²) in [5.74, 6) is 0.730. The third-order valence-corrected chi connectivity index (χ3v) is 3.08. The summed E-state index contributed by atoms with van der Waals surface area (Å²) in [7, 11) is 1.84. The molecule has 4 nitrogen and oxygen atoms in total. The number of anilines is 1. The highest BCUT2D eigenvalue weighted by Crippen LogP contribution is 2.12. The molecule has 0 aliphatic carbocycles. The average Bonchev–Trinajstić information content (AvgIpc) is 2.51. The van der Waals surface area contributed by atoms with Gasteiger partial charge in [-0.2, -0.15) is 0 Å². The molecule has 2 N–H and O–H groups in total. The molecule has 0 aliphatic rings. The van der Waals surface area contributed by atoms with Crippen LogP contribution in [0.1, 0.15) is 15.9 Å². The molecule has 0 radical (unpaired) electrons. The van der Waals surface area contributed by atoms with E-state index in [1.165, 1.54) is 0 Å². The smallest absolute Gasteiger partial charge is 0.251 e. The molecule has 0 fully saturated rings. The number of aryl methyl sites for hydroxylation is 1. The van der Waals surface area contributed by atoms with E-state index in [1.807, 2.05) is 50.4 Å². The summed E-state index contributed by atoms with van der Waals surface area (Å²) in [4.78, 5) is 11.9. The van der Waals surface area contributed by atoms with E-state index >= 15 is 0 Å². The van der Waals surface area contributed by atoms with E-state index in [4.69, 9.17) is 4.74 Å². The number of hydrogen-bond donors (Lipinski definition) is 2. The summed E-state index contributed by atoms with van der Waals surface area (Å²) in [6.07, 6.45) is 0. The number of carbonyl (C=O) groups excluding carboxylic acids is 1. The van der Waals surface area contributed by atoms with Gasteiger partial charge < -0.3 is 15.4 Å². The maximum absolute atomic E-state index is 11.9. The first kappa shape index (κ1) is 14.9. The SMILES string of the molecule is CNc1ccc(C(=O)NCCOc2cccc(C)c2)cc1. The van der Waals surface area contributed by atoms with Gasteiger partial charge in [-0.05, 0) is 48.9 Å². The van der Waals surface area contributed by atoms with Crippen molar-refractivity contribution in [2.24, 2.45) is 0 Å². The summed E-state index contributed by atoms with van der Waals surface area (Å²) in [5, 5.41) is 5.85. The lowest BCUT2D eigenvalue weighted by Gasteiger charge is -2.08. The maximum Gasteiger partial charge on any atom is 0.251 e. The normalized spacial score (nSPS) is 10.0. The highest BCUT2D eigenvalue weighted by atomic mass is 16.5. The van der Waals surface area contributed by atoms with Gasteiger partial charge in [0.15, 0.2) is 0 Å². The molecule has 0 spiro atoms. The summed E-state index contributed by atoms with van der Waals surface area (Å²) < 4.78 is 5.58. The molecule has 4 heteroatoms. The van der Waals surface area contributed by atoms with Crippen LogP contribution in [0.5, 0.6) is 5.75 Å². The third-order valence-electron chi connectivity index (χ3n) is 3.08. The van der Waals surface area contributed by atoms with Gasteiger partial charge in [-0.1, -0.05) is 12.1 Å². The van der Waals surface area contributed by atoms with Gasteiger partial charge in [0.05, 0.1) is 6.54 Å². The van der Waals surface area contributed by atoms with E-state index < -0.39 is 0 Å². The van der Waals surface area contributed by atoms with Crippen LogP contribution in [0.25, 0.3) is 0 Å². The zero-order valence-corrected chi connectivity index (χ0v) is 12.3. The number of hydrogen-bond acceptors (Lipinski definition) is 3. The van der Waals surface area contributed by atoms with E-state index in [9.17, 15) is 4.79 Å². The molecule has 0 aromatic heterocycles. The summed E-state index contributed by atoms with van der Waals surface area (Å²) in [6, 6.07) is 15.2. The van der Waals surface area contributed by atoms with Crippen molar-refractivity contribution in [3.8, 4) is 5.75 Å². The molecular weight excluding hydrogens is 264 g/mol. The van der Waals surface area contributed by atoms with Gasteiger partial charge in [-0.15, -0.1) is 0 Å². The Morgan fingerprint density at radius 1 is 1.14 bits per heavy atom. The van der Waals surface area contributed by atoms with Crippen LogP contribution in [0.4, 0.5) is 5.69 Å². The zero-order valence-electron chi connectivity index (χ0n) is 12.3.